The molecule has 0 bridgehead atoms. The number of hydrogen-bond donors (Lipinski definition) is 1. The number of carbonyl (C=O) groups is 2. The van der Waals surface area contributed by atoms with Crippen molar-refractivity contribution in [3.05, 3.63) is 51.0 Å². The molecule has 1 fully saturated rings. The van der Waals surface area contributed by atoms with Gasteiger partial charge in [0, 0.05) is 18.9 Å². The van der Waals surface area contributed by atoms with Gasteiger partial charge in [-0.2, -0.15) is 0 Å². The Hall–Kier alpha value is -2.09. The maximum Gasteiger partial charge on any atom is 0.341 e. The lowest BCUT2D eigenvalue weighted by atomic mass is 10.2. The van der Waals surface area contributed by atoms with Gasteiger partial charge in [-0.15, -0.1) is 0 Å². The molecule has 1 aliphatic carbocycles. The zero-order chi connectivity index (χ0) is 22.1. The molecule has 0 spiro atoms. The van der Waals surface area contributed by atoms with Gasteiger partial charge in [0.15, 0.2) is 0 Å². The van der Waals surface area contributed by atoms with Crippen LogP contribution in [0.25, 0.3) is 0 Å². The van der Waals surface area contributed by atoms with Crippen molar-refractivity contribution in [3.8, 4) is 0 Å². The van der Waals surface area contributed by atoms with Crippen molar-refractivity contribution in [2.24, 2.45) is 5.92 Å². The first-order chi connectivity index (χ1) is 14.3. The highest BCUT2D eigenvalue weighted by Crippen LogP contribution is 2.30. The van der Waals surface area contributed by atoms with E-state index in [-0.39, 0.29) is 21.7 Å². The summed E-state index contributed by atoms with van der Waals surface area (Å²) in [5, 5.41) is 4.10. The van der Waals surface area contributed by atoms with Crippen LogP contribution in [0.3, 0.4) is 0 Å². The Morgan fingerprint density at radius 2 is 1.50 bits per heavy atom. The number of nitrogens with one attached hydrogen (secondary N) is 1. The van der Waals surface area contributed by atoms with Gasteiger partial charge >= 0.3 is 11.9 Å². The third kappa shape index (κ3) is 7.63. The maximum atomic E-state index is 11.7. The van der Waals surface area contributed by atoms with E-state index < -0.39 is 5.97 Å². The van der Waals surface area contributed by atoms with E-state index in [4.69, 9.17) is 44.3 Å². The number of carbonyl (C=O) groups excluding carboxylic acids is 2. The average molecular weight is 475 g/mol. The van der Waals surface area contributed by atoms with E-state index in [1.54, 1.807) is 19.9 Å². The monoisotopic (exact) mass is 473 g/mol. The van der Waals surface area contributed by atoms with Gasteiger partial charge in [0.1, 0.15) is 15.9 Å². The van der Waals surface area contributed by atoms with Crippen LogP contribution in [0.1, 0.15) is 47.4 Å². The highest BCUT2D eigenvalue weighted by atomic mass is 35.5. The predicted octanol–water partition coefficient (Wildman–Crippen LogP) is 5.30. The molecule has 0 aromatic carbocycles. The molecule has 0 saturated heterocycles. The Morgan fingerprint density at radius 3 is 2.03 bits per heavy atom. The van der Waals surface area contributed by atoms with Crippen molar-refractivity contribution in [2.75, 3.05) is 25.1 Å². The fourth-order valence-electron chi connectivity index (χ4n) is 2.29. The molecule has 162 valence electrons. The van der Waals surface area contributed by atoms with Crippen LogP contribution in [0, 0.1) is 5.92 Å². The van der Waals surface area contributed by atoms with Crippen molar-refractivity contribution in [3.63, 3.8) is 0 Å². The Kier molecular flexibility index (Phi) is 9.62. The number of halogens is 3. The van der Waals surface area contributed by atoms with Gasteiger partial charge in [-0.3, -0.25) is 0 Å². The number of esters is 2. The second-order valence-corrected chi connectivity index (χ2v) is 7.49. The van der Waals surface area contributed by atoms with E-state index in [2.05, 4.69) is 15.3 Å². The fourth-order valence-corrected chi connectivity index (χ4v) is 2.89. The lowest BCUT2D eigenvalue weighted by Gasteiger charge is -2.10. The molecule has 3 rings (SSSR count). The van der Waals surface area contributed by atoms with Crippen molar-refractivity contribution in [2.45, 2.75) is 26.7 Å². The first kappa shape index (κ1) is 24.2. The Bertz CT molecular complexity index is 892. The maximum absolute atomic E-state index is 11.7. The molecule has 1 N–H and O–H groups in total. The highest BCUT2D eigenvalue weighted by molar-refractivity contribution is 6.36. The smallest absolute Gasteiger partial charge is 0.341 e. The van der Waals surface area contributed by atoms with Crippen LogP contribution in [-0.2, 0) is 9.47 Å². The van der Waals surface area contributed by atoms with Crippen LogP contribution < -0.4 is 5.32 Å². The van der Waals surface area contributed by atoms with Gasteiger partial charge in [0.25, 0.3) is 0 Å². The minimum absolute atomic E-state index is 0.230. The molecule has 2 heterocycles. The molecular formula is C20H22Cl3N3O4. The summed E-state index contributed by atoms with van der Waals surface area (Å²) < 4.78 is 9.71. The highest BCUT2D eigenvalue weighted by Gasteiger charge is 2.22. The molecule has 0 aliphatic heterocycles. The quantitative estimate of drug-likeness (QED) is 0.430. The van der Waals surface area contributed by atoms with Crippen molar-refractivity contribution < 1.29 is 19.1 Å². The number of anilines is 1. The summed E-state index contributed by atoms with van der Waals surface area (Å²) in [6, 6.07) is 3.06. The van der Waals surface area contributed by atoms with E-state index in [1.165, 1.54) is 31.3 Å². The molecule has 2 aromatic rings. The number of ether oxygens (including phenoxy) is 2. The number of nitrogens with zero attached hydrogens (tertiary/aromatic N) is 2. The minimum atomic E-state index is -0.489. The molecule has 30 heavy (non-hydrogen) atoms. The first-order valence-electron chi connectivity index (χ1n) is 9.40. The molecule has 1 aliphatic rings. The minimum Gasteiger partial charge on any atom is -0.462 e. The summed E-state index contributed by atoms with van der Waals surface area (Å²) >= 11 is 17.1. The molecular weight excluding hydrogens is 453 g/mol. The van der Waals surface area contributed by atoms with Crippen molar-refractivity contribution in [1.82, 2.24) is 9.97 Å². The summed E-state index contributed by atoms with van der Waals surface area (Å²) in [6.45, 7) is 5.02. The van der Waals surface area contributed by atoms with Gasteiger partial charge < -0.3 is 14.8 Å². The number of rotatable bonds is 7. The lowest BCUT2D eigenvalue weighted by molar-refractivity contribution is 0.0517. The second kappa shape index (κ2) is 11.9. The summed E-state index contributed by atoms with van der Waals surface area (Å²) in [6.07, 6.45) is 5.25. The normalized spacial score (nSPS) is 12.4. The van der Waals surface area contributed by atoms with Gasteiger partial charge in [-0.1, -0.05) is 34.8 Å². The third-order valence-electron chi connectivity index (χ3n) is 3.96. The topological polar surface area (TPSA) is 90.4 Å². The van der Waals surface area contributed by atoms with E-state index in [0.29, 0.717) is 29.6 Å². The number of aromatic nitrogens is 2. The van der Waals surface area contributed by atoms with E-state index in [0.717, 1.165) is 12.5 Å². The third-order valence-corrected chi connectivity index (χ3v) is 4.69. The summed E-state index contributed by atoms with van der Waals surface area (Å²) in [7, 11) is 0. The SMILES string of the molecule is CCOC(=O)c1cnc(Cl)cc1Cl.CCOC(=O)c1cnc(Cl)cc1NCC1CC1. The van der Waals surface area contributed by atoms with E-state index in [1.807, 2.05) is 0 Å². The molecule has 0 radical (unpaired) electrons. The Morgan fingerprint density at radius 1 is 0.967 bits per heavy atom. The average Bonchev–Trinajstić information content (AvgIpc) is 3.52. The van der Waals surface area contributed by atoms with Crippen LogP contribution in [-0.4, -0.2) is 41.7 Å². The van der Waals surface area contributed by atoms with E-state index >= 15 is 0 Å². The summed E-state index contributed by atoms with van der Waals surface area (Å²) in [5.41, 5.74) is 1.38. The lowest BCUT2D eigenvalue weighted by Crippen LogP contribution is -2.12. The molecule has 7 nitrogen and oxygen atoms in total. The standard InChI is InChI=1S/C12H15ClN2O2.C8H7Cl2NO2/c1-2-17-12(16)9-7-15-11(13)5-10(9)14-6-8-3-4-8;1-2-13-8(12)5-4-11-7(10)3-6(5)9/h5,7-8H,2-4,6H2,1H3,(H,14,15);3-4H,2H2,1H3. The Labute approximate surface area is 190 Å². The van der Waals surface area contributed by atoms with Crippen LogP contribution >= 0.6 is 34.8 Å². The Balaban J connectivity index is 0.000000222. The van der Waals surface area contributed by atoms with Gasteiger partial charge in [0.05, 0.1) is 29.5 Å². The van der Waals surface area contributed by atoms with Gasteiger partial charge in [0.2, 0.25) is 0 Å². The molecule has 0 atom stereocenters. The zero-order valence-electron chi connectivity index (χ0n) is 16.6. The van der Waals surface area contributed by atoms with Crippen LogP contribution in [0.5, 0.6) is 0 Å². The summed E-state index contributed by atoms with van der Waals surface area (Å²) in [5.74, 6) is -0.136. The second-order valence-electron chi connectivity index (χ2n) is 6.30. The predicted molar refractivity (Wildman–Crippen MR) is 117 cm³/mol. The first-order valence-corrected chi connectivity index (χ1v) is 10.5. The molecule has 10 heteroatoms. The van der Waals surface area contributed by atoms with Crippen LogP contribution in [0.15, 0.2) is 24.5 Å². The summed E-state index contributed by atoms with van der Waals surface area (Å²) in [4.78, 5) is 30.5. The van der Waals surface area contributed by atoms with Crippen LogP contribution in [0.2, 0.25) is 15.3 Å². The molecule has 1 saturated carbocycles. The van der Waals surface area contributed by atoms with Gasteiger partial charge in [-0.05, 0) is 44.7 Å². The van der Waals surface area contributed by atoms with Crippen LogP contribution in [0.4, 0.5) is 5.69 Å². The van der Waals surface area contributed by atoms with Crippen molar-refractivity contribution >= 4 is 52.4 Å². The van der Waals surface area contributed by atoms with Gasteiger partial charge in [-0.25, -0.2) is 19.6 Å². The number of hydrogen-bond acceptors (Lipinski definition) is 7. The molecule has 2 aromatic heterocycles. The van der Waals surface area contributed by atoms with E-state index in [9.17, 15) is 9.59 Å². The van der Waals surface area contributed by atoms with Crippen molar-refractivity contribution in [1.29, 1.82) is 0 Å². The number of pyridine rings is 2. The largest absolute Gasteiger partial charge is 0.462 e. The fraction of sp³-hybridized carbons (Fsp3) is 0.400. The molecule has 0 unspecified atom stereocenters. The molecule has 0 amide bonds. The zero-order valence-corrected chi connectivity index (χ0v) is 18.9.